The highest BCUT2D eigenvalue weighted by atomic mass is 35.5. The normalized spacial score (nSPS) is 9.97. The Hall–Kier alpha value is -4.25. The van der Waals surface area contributed by atoms with Crippen LogP contribution in [0.1, 0.15) is 62.1 Å². The molecule has 0 aliphatic rings. The fourth-order valence-electron chi connectivity index (χ4n) is 2.56. The van der Waals surface area contributed by atoms with Crippen molar-refractivity contribution >= 4 is 23.5 Å². The number of nitrogens with zero attached hydrogens (tertiary/aromatic N) is 12. The highest BCUT2D eigenvalue weighted by Gasteiger charge is 2.15. The summed E-state index contributed by atoms with van der Waals surface area (Å²) < 4.78 is 11.1. The number of carbonyl (C=O) groups is 2. The average molecular weight is 583 g/mol. The lowest BCUT2D eigenvalue weighted by Crippen LogP contribution is -2.07. The van der Waals surface area contributed by atoms with Crippen molar-refractivity contribution in [2.45, 2.75) is 47.1 Å². The first-order chi connectivity index (χ1) is 18.8. The molecule has 4 aromatic rings. The minimum Gasteiger partial charge on any atom is -0.476 e. The third-order valence-electron chi connectivity index (χ3n) is 5.57. The Kier molecular flexibility index (Phi) is 13.5. The van der Waals surface area contributed by atoms with E-state index < -0.39 is 11.9 Å². The standard InChI is InChI=1S/C7H11N3O2.C5H8ClN3.C5H7N3O2.C5H9N3O/c1-4-12-7(11)6-5(2)10(3)9-8-6;1-4-5(3-6)7-8-9(4)2;1-3-4(5(9)10)6-7-8(3)2;1-4-5(3-9)6-7-8(4)2/h4H2,1-3H3;3H2,1-2H3;1-2H3,(H,9,10);9H,3H2,1-2H3. The summed E-state index contributed by atoms with van der Waals surface area (Å²) in [6, 6.07) is 0. The maximum Gasteiger partial charge on any atom is 0.360 e. The lowest BCUT2D eigenvalue weighted by Gasteiger charge is -1.97. The van der Waals surface area contributed by atoms with Crippen molar-refractivity contribution in [3.8, 4) is 0 Å². The topological polar surface area (TPSA) is 207 Å². The minimum absolute atomic E-state index is 0.0162. The van der Waals surface area contributed by atoms with E-state index in [0.717, 1.165) is 17.1 Å². The molecule has 0 radical (unpaired) electrons. The van der Waals surface area contributed by atoms with E-state index in [2.05, 4.69) is 41.2 Å². The van der Waals surface area contributed by atoms with Crippen LogP contribution in [-0.4, -0.2) is 88.7 Å². The van der Waals surface area contributed by atoms with Crippen molar-refractivity contribution < 1.29 is 24.5 Å². The first-order valence-electron chi connectivity index (χ1n) is 11.8. The number of alkyl halides is 1. The molecule has 0 aliphatic carbocycles. The van der Waals surface area contributed by atoms with Crippen LogP contribution in [0.3, 0.4) is 0 Å². The van der Waals surface area contributed by atoms with Crippen molar-refractivity contribution in [2.75, 3.05) is 6.61 Å². The van der Waals surface area contributed by atoms with Crippen molar-refractivity contribution in [1.82, 2.24) is 60.0 Å². The number of aryl methyl sites for hydroxylation is 4. The van der Waals surface area contributed by atoms with Gasteiger partial charge in [0.15, 0.2) is 11.4 Å². The maximum absolute atomic E-state index is 11.1. The van der Waals surface area contributed by atoms with Crippen molar-refractivity contribution in [3.63, 3.8) is 0 Å². The van der Waals surface area contributed by atoms with Crippen molar-refractivity contribution in [3.05, 3.63) is 45.6 Å². The van der Waals surface area contributed by atoms with E-state index in [1.165, 1.54) is 9.36 Å². The highest BCUT2D eigenvalue weighted by Crippen LogP contribution is 2.04. The molecule has 0 bridgehead atoms. The van der Waals surface area contributed by atoms with Gasteiger partial charge in [0.25, 0.3) is 0 Å². The molecule has 2 N–H and O–H groups in total. The summed E-state index contributed by atoms with van der Waals surface area (Å²) in [5.74, 6) is -1.01. The van der Waals surface area contributed by atoms with Crippen molar-refractivity contribution in [2.24, 2.45) is 28.2 Å². The first-order valence-corrected chi connectivity index (χ1v) is 12.3. The number of rotatable bonds is 5. The molecule has 220 valence electrons. The number of aromatic nitrogens is 12. The summed E-state index contributed by atoms with van der Waals surface area (Å²) in [4.78, 5) is 21.5. The molecular weight excluding hydrogens is 548 g/mol. The second-order valence-corrected chi connectivity index (χ2v) is 8.37. The van der Waals surface area contributed by atoms with E-state index in [9.17, 15) is 9.59 Å². The highest BCUT2D eigenvalue weighted by molar-refractivity contribution is 6.16. The predicted molar refractivity (Wildman–Crippen MR) is 141 cm³/mol. The number of halogens is 1. The molecule has 0 spiro atoms. The van der Waals surface area contributed by atoms with Crippen LogP contribution < -0.4 is 0 Å². The molecule has 40 heavy (non-hydrogen) atoms. The Bertz CT molecular complexity index is 1340. The number of hydrogen-bond donors (Lipinski definition) is 2. The molecule has 4 rings (SSSR count). The largest absolute Gasteiger partial charge is 0.476 e. The number of hydrogen-bond acceptors (Lipinski definition) is 12. The predicted octanol–water partition coefficient (Wildman–Crippen LogP) is 0.600. The van der Waals surface area contributed by atoms with Gasteiger partial charge in [-0.3, -0.25) is 18.7 Å². The molecule has 0 saturated heterocycles. The van der Waals surface area contributed by atoms with Crippen LogP contribution in [-0.2, 0) is 45.4 Å². The number of esters is 1. The third kappa shape index (κ3) is 9.19. The smallest absolute Gasteiger partial charge is 0.360 e. The molecule has 0 aliphatic heterocycles. The van der Waals surface area contributed by atoms with Gasteiger partial charge in [-0.25, -0.2) is 9.59 Å². The summed E-state index contributed by atoms with van der Waals surface area (Å²) >= 11 is 5.53. The van der Waals surface area contributed by atoms with Gasteiger partial charge >= 0.3 is 11.9 Å². The molecule has 0 saturated carbocycles. The lowest BCUT2D eigenvalue weighted by atomic mass is 10.3. The zero-order valence-electron chi connectivity index (χ0n) is 24.0. The molecule has 0 atom stereocenters. The summed E-state index contributed by atoms with van der Waals surface area (Å²) in [7, 11) is 7.01. The van der Waals surface area contributed by atoms with Gasteiger partial charge in [-0.05, 0) is 34.6 Å². The van der Waals surface area contributed by atoms with Gasteiger partial charge in [-0.2, -0.15) is 0 Å². The van der Waals surface area contributed by atoms with Gasteiger partial charge in [0.2, 0.25) is 0 Å². The number of carbonyl (C=O) groups excluding carboxylic acids is 1. The zero-order chi connectivity index (χ0) is 30.6. The molecule has 4 aromatic heterocycles. The van der Waals surface area contributed by atoms with Crippen LogP contribution in [0.2, 0.25) is 0 Å². The van der Waals surface area contributed by atoms with Crippen LogP contribution in [0.15, 0.2) is 0 Å². The zero-order valence-corrected chi connectivity index (χ0v) is 24.7. The van der Waals surface area contributed by atoms with E-state index in [0.29, 0.717) is 35.3 Å². The van der Waals surface area contributed by atoms with Gasteiger partial charge in [0, 0.05) is 28.2 Å². The summed E-state index contributed by atoms with van der Waals surface area (Å²) in [5.41, 5.74) is 5.04. The Labute approximate surface area is 235 Å². The molecule has 17 nitrogen and oxygen atoms in total. The molecule has 18 heteroatoms. The Balaban J connectivity index is 0.000000269. The molecule has 0 unspecified atom stereocenters. The van der Waals surface area contributed by atoms with Gasteiger partial charge < -0.3 is 14.9 Å². The number of ether oxygens (including phenoxy) is 1. The minimum atomic E-state index is -1.04. The van der Waals surface area contributed by atoms with Crippen LogP contribution >= 0.6 is 11.6 Å². The van der Waals surface area contributed by atoms with E-state index in [1.807, 2.05) is 20.9 Å². The molecular formula is C22H35ClN12O5. The van der Waals surface area contributed by atoms with E-state index in [-0.39, 0.29) is 12.3 Å². The first kappa shape index (κ1) is 33.8. The lowest BCUT2D eigenvalue weighted by molar-refractivity contribution is 0.0518. The van der Waals surface area contributed by atoms with E-state index in [1.54, 1.807) is 51.3 Å². The number of carboxylic acids is 1. The van der Waals surface area contributed by atoms with Crippen LogP contribution in [0.5, 0.6) is 0 Å². The van der Waals surface area contributed by atoms with E-state index in [4.69, 9.17) is 26.6 Å². The second-order valence-electron chi connectivity index (χ2n) is 8.10. The monoisotopic (exact) mass is 582 g/mol. The fraction of sp³-hybridized carbons (Fsp3) is 0.545. The Morgan fingerprint density at radius 1 is 0.725 bits per heavy atom. The fourth-order valence-corrected chi connectivity index (χ4v) is 2.81. The number of aliphatic hydroxyl groups excluding tert-OH is 1. The van der Waals surface area contributed by atoms with Crippen LogP contribution in [0, 0.1) is 27.7 Å². The van der Waals surface area contributed by atoms with Gasteiger partial charge in [-0.15, -0.1) is 32.0 Å². The van der Waals surface area contributed by atoms with Crippen molar-refractivity contribution in [1.29, 1.82) is 0 Å². The number of aromatic carboxylic acids is 1. The summed E-state index contributed by atoms with van der Waals surface area (Å²) in [6.07, 6.45) is 0. The van der Waals surface area contributed by atoms with Crippen LogP contribution in [0.25, 0.3) is 0 Å². The van der Waals surface area contributed by atoms with E-state index >= 15 is 0 Å². The van der Waals surface area contributed by atoms with Gasteiger partial charge in [0.1, 0.15) is 11.4 Å². The molecule has 4 heterocycles. The number of aliphatic hydroxyl groups is 1. The summed E-state index contributed by atoms with van der Waals surface area (Å²) in [5, 5.41) is 46.4. The van der Waals surface area contributed by atoms with Crippen LogP contribution in [0.4, 0.5) is 0 Å². The SMILES string of the molecule is CCOC(=O)c1nnn(C)c1C.Cc1c(C(=O)O)nnn1C.Cc1c(CCl)nnn1C.Cc1c(CO)nnn1C. The van der Waals surface area contributed by atoms with Gasteiger partial charge in [-0.1, -0.05) is 20.9 Å². The Morgan fingerprint density at radius 3 is 1.35 bits per heavy atom. The maximum atomic E-state index is 11.1. The second kappa shape index (κ2) is 16.0. The quantitative estimate of drug-likeness (QED) is 0.244. The molecule has 0 aromatic carbocycles. The molecule has 0 fully saturated rings. The van der Waals surface area contributed by atoms with Gasteiger partial charge in [0.05, 0.1) is 41.9 Å². The molecule has 0 amide bonds. The number of carboxylic acid groups (broad SMARTS) is 1. The summed E-state index contributed by atoms with van der Waals surface area (Å²) in [6.45, 7) is 9.32. The average Bonchev–Trinajstić information content (AvgIpc) is 3.64. The third-order valence-corrected chi connectivity index (χ3v) is 5.82. The Morgan fingerprint density at radius 2 is 1.12 bits per heavy atom.